The number of benzene rings is 1. The Hall–Kier alpha value is -2.67. The molecule has 0 unspecified atom stereocenters. The van der Waals surface area contributed by atoms with Crippen LogP contribution in [0.1, 0.15) is 27.9 Å². The lowest BCUT2D eigenvalue weighted by Gasteiger charge is -2.33. The molecule has 1 aliphatic heterocycles. The first-order valence-corrected chi connectivity index (χ1v) is 9.40. The first-order chi connectivity index (χ1) is 13.1. The van der Waals surface area contributed by atoms with E-state index < -0.39 is 0 Å². The molecule has 1 fully saturated rings. The highest BCUT2D eigenvalue weighted by atomic mass is 16.5. The maximum absolute atomic E-state index is 13.1. The van der Waals surface area contributed by atoms with E-state index >= 15 is 0 Å². The quantitative estimate of drug-likeness (QED) is 0.878. The fraction of sp³-hybridized carbons (Fsp3) is 0.450. The van der Waals surface area contributed by atoms with Crippen molar-refractivity contribution < 1.29 is 9.53 Å². The monoisotopic (exact) mass is 368 g/mol. The van der Waals surface area contributed by atoms with Crippen LogP contribution >= 0.6 is 0 Å². The number of ether oxygens (including phenoxy) is 1. The van der Waals surface area contributed by atoms with Crippen LogP contribution in [0.2, 0.25) is 0 Å². The number of rotatable bonds is 4. The van der Waals surface area contributed by atoms with Gasteiger partial charge < -0.3 is 19.5 Å². The predicted molar refractivity (Wildman–Crippen MR) is 102 cm³/mol. The van der Waals surface area contributed by atoms with Crippen LogP contribution in [-0.2, 0) is 24.6 Å². The molecule has 7 nitrogen and oxygen atoms in total. The molecule has 7 heteroatoms. The summed E-state index contributed by atoms with van der Waals surface area (Å²) in [6.45, 7) is 2.02. The Labute approximate surface area is 158 Å². The van der Waals surface area contributed by atoms with E-state index in [9.17, 15) is 9.59 Å². The van der Waals surface area contributed by atoms with E-state index in [0.717, 1.165) is 24.8 Å². The number of fused-ring (bicyclic) bond motifs is 1. The molecule has 2 aromatic rings. The van der Waals surface area contributed by atoms with Crippen molar-refractivity contribution in [2.24, 2.45) is 7.05 Å². The second kappa shape index (κ2) is 7.52. The van der Waals surface area contributed by atoms with Crippen LogP contribution in [0.5, 0.6) is 0 Å². The fourth-order valence-corrected chi connectivity index (χ4v) is 3.85. The summed E-state index contributed by atoms with van der Waals surface area (Å²) in [6, 6.07) is 6.04. The molecule has 1 aromatic heterocycles. The van der Waals surface area contributed by atoms with E-state index in [4.69, 9.17) is 4.74 Å². The number of nitrogens with one attached hydrogen (secondary N) is 1. The lowest BCUT2D eigenvalue weighted by molar-refractivity contribution is -0.0150. The molecule has 4 rings (SSSR count). The lowest BCUT2D eigenvalue weighted by atomic mass is 10.0. The SMILES string of the molecule is Cn1ccnc(NC[C@H]2CN(C(=O)c3cccc4c3CCC4)CCO2)c1=O. The molecule has 2 aliphatic rings. The third-order valence-electron chi connectivity index (χ3n) is 5.32. The van der Waals surface area contributed by atoms with Gasteiger partial charge in [-0.2, -0.15) is 0 Å². The van der Waals surface area contributed by atoms with Crippen LogP contribution in [0.25, 0.3) is 0 Å². The zero-order chi connectivity index (χ0) is 18.8. The molecule has 0 radical (unpaired) electrons. The largest absolute Gasteiger partial charge is 0.373 e. The number of nitrogens with zero attached hydrogens (tertiary/aromatic N) is 3. The molecule has 1 aliphatic carbocycles. The predicted octanol–water partition coefficient (Wildman–Crippen LogP) is 1.22. The number of hydrogen-bond donors (Lipinski definition) is 1. The van der Waals surface area contributed by atoms with Gasteiger partial charge in [0, 0.05) is 44.6 Å². The normalized spacial score (nSPS) is 19.0. The number of amides is 1. The second-order valence-electron chi connectivity index (χ2n) is 7.11. The molecule has 2 heterocycles. The number of carbonyl (C=O) groups is 1. The Kier molecular flexibility index (Phi) is 4.94. The Morgan fingerprint density at radius 1 is 1.37 bits per heavy atom. The highest BCUT2D eigenvalue weighted by Gasteiger charge is 2.28. The highest BCUT2D eigenvalue weighted by molar-refractivity contribution is 5.96. The van der Waals surface area contributed by atoms with E-state index in [1.807, 2.05) is 17.0 Å². The van der Waals surface area contributed by atoms with Crippen molar-refractivity contribution in [1.82, 2.24) is 14.5 Å². The van der Waals surface area contributed by atoms with Crippen LogP contribution < -0.4 is 10.9 Å². The van der Waals surface area contributed by atoms with Gasteiger partial charge in [0.15, 0.2) is 5.82 Å². The summed E-state index contributed by atoms with van der Waals surface area (Å²) in [7, 11) is 1.69. The van der Waals surface area contributed by atoms with Gasteiger partial charge in [-0.15, -0.1) is 0 Å². The maximum atomic E-state index is 13.1. The van der Waals surface area contributed by atoms with Gasteiger partial charge in [0.05, 0.1) is 12.7 Å². The molecule has 0 spiro atoms. The highest BCUT2D eigenvalue weighted by Crippen LogP contribution is 2.26. The molecule has 1 saturated heterocycles. The summed E-state index contributed by atoms with van der Waals surface area (Å²) in [5, 5.41) is 3.06. The van der Waals surface area contributed by atoms with Crippen molar-refractivity contribution in [2.75, 3.05) is 31.6 Å². The smallest absolute Gasteiger partial charge is 0.293 e. The Balaban J connectivity index is 1.42. The fourth-order valence-electron chi connectivity index (χ4n) is 3.85. The summed E-state index contributed by atoms with van der Waals surface area (Å²) < 4.78 is 7.26. The Morgan fingerprint density at radius 3 is 3.15 bits per heavy atom. The number of aryl methyl sites for hydroxylation is 2. The van der Waals surface area contributed by atoms with Crippen molar-refractivity contribution in [2.45, 2.75) is 25.4 Å². The minimum Gasteiger partial charge on any atom is -0.373 e. The second-order valence-corrected chi connectivity index (χ2v) is 7.11. The third kappa shape index (κ3) is 3.60. The van der Waals surface area contributed by atoms with Gasteiger partial charge in [0.25, 0.3) is 11.5 Å². The van der Waals surface area contributed by atoms with Gasteiger partial charge >= 0.3 is 0 Å². The van der Waals surface area contributed by atoms with E-state index in [2.05, 4.69) is 16.4 Å². The third-order valence-corrected chi connectivity index (χ3v) is 5.32. The summed E-state index contributed by atoms with van der Waals surface area (Å²) in [5.41, 5.74) is 3.16. The summed E-state index contributed by atoms with van der Waals surface area (Å²) in [5.74, 6) is 0.378. The van der Waals surface area contributed by atoms with Crippen molar-refractivity contribution in [3.8, 4) is 0 Å². The van der Waals surface area contributed by atoms with Crippen LogP contribution in [-0.4, -0.2) is 52.7 Å². The average Bonchev–Trinajstić information content (AvgIpc) is 3.18. The minimum absolute atomic E-state index is 0.0794. The van der Waals surface area contributed by atoms with Crippen molar-refractivity contribution in [1.29, 1.82) is 0 Å². The molecule has 1 amide bonds. The van der Waals surface area contributed by atoms with Gasteiger partial charge in [-0.1, -0.05) is 12.1 Å². The maximum Gasteiger partial charge on any atom is 0.293 e. The van der Waals surface area contributed by atoms with Gasteiger partial charge in [0.1, 0.15) is 0 Å². The van der Waals surface area contributed by atoms with Gasteiger partial charge in [0.2, 0.25) is 0 Å². The van der Waals surface area contributed by atoms with E-state index in [1.165, 1.54) is 15.7 Å². The average molecular weight is 368 g/mol. The van der Waals surface area contributed by atoms with Crippen LogP contribution in [0.4, 0.5) is 5.82 Å². The molecule has 142 valence electrons. The number of hydrogen-bond acceptors (Lipinski definition) is 5. The summed E-state index contributed by atoms with van der Waals surface area (Å²) in [6.07, 6.45) is 6.18. The van der Waals surface area contributed by atoms with Crippen molar-refractivity contribution in [3.05, 3.63) is 57.6 Å². The molecule has 27 heavy (non-hydrogen) atoms. The number of morpholine rings is 1. The van der Waals surface area contributed by atoms with Crippen LogP contribution in [0.15, 0.2) is 35.4 Å². The molecule has 1 N–H and O–H groups in total. The molecule has 1 atom stereocenters. The van der Waals surface area contributed by atoms with Crippen molar-refractivity contribution >= 4 is 11.7 Å². The van der Waals surface area contributed by atoms with Gasteiger partial charge in [-0.3, -0.25) is 9.59 Å². The van der Waals surface area contributed by atoms with E-state index in [0.29, 0.717) is 32.1 Å². The van der Waals surface area contributed by atoms with E-state index in [-0.39, 0.29) is 17.6 Å². The molecular weight excluding hydrogens is 344 g/mol. The molecule has 1 aromatic carbocycles. The zero-order valence-electron chi connectivity index (χ0n) is 15.5. The molecular formula is C20H24N4O3. The number of carbonyl (C=O) groups excluding carboxylic acids is 1. The first kappa shape index (κ1) is 17.7. The number of anilines is 1. The van der Waals surface area contributed by atoms with Crippen molar-refractivity contribution in [3.63, 3.8) is 0 Å². The molecule has 0 saturated carbocycles. The standard InChI is InChI=1S/C20H24N4O3/c1-23-9-8-21-18(20(23)26)22-12-15-13-24(10-11-27-15)19(25)17-7-3-5-14-4-2-6-16(14)17/h3,5,7-9,15H,2,4,6,10-13H2,1H3,(H,21,22)/t15-/m0/s1. The van der Waals surface area contributed by atoms with E-state index in [1.54, 1.807) is 19.4 Å². The van der Waals surface area contributed by atoms with Gasteiger partial charge in [-0.25, -0.2) is 4.98 Å². The summed E-state index contributed by atoms with van der Waals surface area (Å²) in [4.78, 5) is 31.0. The summed E-state index contributed by atoms with van der Waals surface area (Å²) >= 11 is 0. The van der Waals surface area contributed by atoms with Gasteiger partial charge in [-0.05, 0) is 36.5 Å². The van der Waals surface area contributed by atoms with Crippen LogP contribution in [0, 0.1) is 0 Å². The van der Waals surface area contributed by atoms with Crippen LogP contribution in [0.3, 0.4) is 0 Å². The number of aromatic nitrogens is 2. The first-order valence-electron chi connectivity index (χ1n) is 9.40. The topological polar surface area (TPSA) is 76.5 Å². The zero-order valence-corrected chi connectivity index (χ0v) is 15.5. The lowest BCUT2D eigenvalue weighted by Crippen LogP contribution is -2.48. The molecule has 0 bridgehead atoms. The Bertz CT molecular complexity index is 908. The Morgan fingerprint density at radius 2 is 2.26 bits per heavy atom. The minimum atomic E-state index is -0.180.